The predicted molar refractivity (Wildman–Crippen MR) is 159 cm³/mol. The van der Waals surface area contributed by atoms with Gasteiger partial charge in [0.25, 0.3) is 0 Å². The number of aliphatic imine (C=N–C) groups is 1. The van der Waals surface area contributed by atoms with Crippen LogP contribution in [0.5, 0.6) is 0 Å². The van der Waals surface area contributed by atoms with Crippen LogP contribution in [0.2, 0.25) is 5.02 Å². The van der Waals surface area contributed by atoms with Gasteiger partial charge < -0.3 is 5.32 Å². The first-order valence-electron chi connectivity index (χ1n) is 14.0. The molecule has 1 N–H and O–H groups in total. The van der Waals surface area contributed by atoms with Gasteiger partial charge in [-0.2, -0.15) is 0 Å². The molecule has 2 aliphatic heterocycles. The number of aromatic nitrogens is 3. The number of nitrogens with one attached hydrogen (secondary N) is 1. The molecule has 0 saturated carbocycles. The molecule has 1 amide bonds. The van der Waals surface area contributed by atoms with Crippen molar-refractivity contribution < 1.29 is 4.79 Å². The Hall–Kier alpha value is -3.81. The van der Waals surface area contributed by atoms with Crippen LogP contribution in [0.4, 0.5) is 0 Å². The van der Waals surface area contributed by atoms with Crippen molar-refractivity contribution in [2.45, 2.75) is 45.7 Å². The third-order valence-corrected chi connectivity index (χ3v) is 7.91. The van der Waals surface area contributed by atoms with Gasteiger partial charge in [-0.3, -0.25) is 19.3 Å². The monoisotopic (exact) mass is 552 g/mol. The van der Waals surface area contributed by atoms with Crippen LogP contribution in [-0.4, -0.2) is 50.9 Å². The van der Waals surface area contributed by atoms with E-state index in [1.54, 1.807) is 0 Å². The quantitative estimate of drug-likeness (QED) is 0.309. The van der Waals surface area contributed by atoms with Gasteiger partial charge in [-0.25, -0.2) is 0 Å². The molecule has 2 aliphatic rings. The molecule has 1 saturated heterocycles. The van der Waals surface area contributed by atoms with Crippen molar-refractivity contribution in [3.8, 4) is 16.8 Å². The Morgan fingerprint density at radius 3 is 2.50 bits per heavy atom. The summed E-state index contributed by atoms with van der Waals surface area (Å²) in [7, 11) is 0. The zero-order valence-corrected chi connectivity index (χ0v) is 23.7. The first kappa shape index (κ1) is 26.4. The van der Waals surface area contributed by atoms with E-state index in [-0.39, 0.29) is 12.3 Å². The fourth-order valence-corrected chi connectivity index (χ4v) is 5.87. The fraction of sp³-hybridized carbons (Fsp3) is 0.312. The predicted octanol–water partition coefficient (Wildman–Crippen LogP) is 5.91. The lowest BCUT2D eigenvalue weighted by Gasteiger charge is -2.17. The summed E-state index contributed by atoms with van der Waals surface area (Å²) in [5.41, 5.74) is 7.24. The summed E-state index contributed by atoms with van der Waals surface area (Å²) < 4.78 is 2.04. The Morgan fingerprint density at radius 2 is 1.73 bits per heavy atom. The van der Waals surface area contributed by atoms with Crippen LogP contribution in [0.25, 0.3) is 16.8 Å². The molecule has 204 valence electrons. The smallest absolute Gasteiger partial charge is 0.222 e. The third-order valence-electron chi connectivity index (χ3n) is 7.66. The van der Waals surface area contributed by atoms with Crippen molar-refractivity contribution in [1.82, 2.24) is 25.0 Å². The minimum Gasteiger partial charge on any atom is -0.356 e. The second-order valence-electron chi connectivity index (χ2n) is 10.5. The van der Waals surface area contributed by atoms with E-state index in [0.29, 0.717) is 17.4 Å². The molecule has 1 aromatic heterocycles. The molecule has 0 radical (unpaired) electrons. The van der Waals surface area contributed by atoms with Gasteiger partial charge in [0, 0.05) is 29.2 Å². The number of benzene rings is 3. The van der Waals surface area contributed by atoms with Gasteiger partial charge >= 0.3 is 0 Å². The van der Waals surface area contributed by atoms with Crippen LogP contribution in [-0.2, 0) is 11.3 Å². The Kier molecular flexibility index (Phi) is 7.50. The molecule has 1 fully saturated rings. The summed E-state index contributed by atoms with van der Waals surface area (Å²) in [4.78, 5) is 20.5. The molecule has 3 heterocycles. The van der Waals surface area contributed by atoms with Gasteiger partial charge in [-0.1, -0.05) is 48.0 Å². The Labute approximate surface area is 239 Å². The number of aryl methyl sites for hydroxylation is 1. The molecule has 0 spiro atoms. The summed E-state index contributed by atoms with van der Waals surface area (Å²) in [6, 6.07) is 22.5. The lowest BCUT2D eigenvalue weighted by atomic mass is 9.95. The normalized spacial score (nSPS) is 16.7. The Balaban J connectivity index is 1.48. The molecule has 0 aliphatic carbocycles. The molecule has 1 atom stereocenters. The van der Waals surface area contributed by atoms with Crippen molar-refractivity contribution >= 4 is 23.2 Å². The molecule has 3 aromatic carbocycles. The Morgan fingerprint density at radius 1 is 0.975 bits per heavy atom. The zero-order valence-electron chi connectivity index (χ0n) is 22.9. The van der Waals surface area contributed by atoms with Crippen LogP contribution in [0.15, 0.2) is 71.7 Å². The van der Waals surface area contributed by atoms with Crippen LogP contribution < -0.4 is 5.32 Å². The number of amides is 1. The number of halogens is 1. The average Bonchev–Trinajstić information content (AvgIpc) is 3.58. The van der Waals surface area contributed by atoms with E-state index in [0.717, 1.165) is 40.5 Å². The minimum absolute atomic E-state index is 0.0691. The van der Waals surface area contributed by atoms with Crippen molar-refractivity contribution in [2.24, 2.45) is 4.99 Å². The number of hydrogen-bond donors (Lipinski definition) is 1. The van der Waals surface area contributed by atoms with Gasteiger partial charge in [0.1, 0.15) is 11.9 Å². The highest BCUT2D eigenvalue weighted by Gasteiger charge is 2.30. The maximum atomic E-state index is 12.7. The lowest BCUT2D eigenvalue weighted by molar-refractivity contribution is -0.121. The first-order valence-corrected chi connectivity index (χ1v) is 14.4. The second-order valence-corrected chi connectivity index (χ2v) is 11.0. The SMILES string of the molecule is CCNC(=O)C[C@@H]1N=C(c2ccc(Cl)cc2)c2cc(-c3cccc(CN4CCCC4)c3)ccc2-n2c(C)nnc21. The largest absolute Gasteiger partial charge is 0.356 e. The summed E-state index contributed by atoms with van der Waals surface area (Å²) in [6.07, 6.45) is 2.74. The summed E-state index contributed by atoms with van der Waals surface area (Å²) in [5, 5.41) is 12.4. The van der Waals surface area contributed by atoms with Crippen LogP contribution in [0.1, 0.15) is 60.6 Å². The average molecular weight is 553 g/mol. The maximum absolute atomic E-state index is 12.7. The fourth-order valence-electron chi connectivity index (χ4n) is 5.74. The van der Waals surface area contributed by atoms with Gasteiger partial charge in [-0.05, 0) is 86.8 Å². The number of fused-ring (bicyclic) bond motifs is 3. The van der Waals surface area contributed by atoms with Crippen molar-refractivity contribution in [3.05, 3.63) is 100 Å². The first-order chi connectivity index (χ1) is 19.5. The van der Waals surface area contributed by atoms with Crippen molar-refractivity contribution in [2.75, 3.05) is 19.6 Å². The summed E-state index contributed by atoms with van der Waals surface area (Å²) in [5.74, 6) is 1.35. The second kappa shape index (κ2) is 11.4. The highest BCUT2D eigenvalue weighted by atomic mass is 35.5. The minimum atomic E-state index is -0.488. The maximum Gasteiger partial charge on any atom is 0.222 e. The molecular formula is C32H33ClN6O. The van der Waals surface area contributed by atoms with E-state index in [9.17, 15) is 4.79 Å². The molecule has 0 unspecified atom stereocenters. The number of carbonyl (C=O) groups excluding carboxylic acids is 1. The van der Waals surface area contributed by atoms with Crippen molar-refractivity contribution in [3.63, 3.8) is 0 Å². The van der Waals surface area contributed by atoms with E-state index >= 15 is 0 Å². The Bertz CT molecular complexity index is 1570. The highest BCUT2D eigenvalue weighted by molar-refractivity contribution is 6.30. The number of likely N-dealkylation sites (tertiary alicyclic amines) is 1. The molecule has 0 bridgehead atoms. The van der Waals surface area contributed by atoms with E-state index in [4.69, 9.17) is 16.6 Å². The van der Waals surface area contributed by atoms with Crippen LogP contribution in [0.3, 0.4) is 0 Å². The van der Waals surface area contributed by atoms with Gasteiger partial charge in [0.05, 0.1) is 17.8 Å². The van der Waals surface area contributed by atoms with Crippen molar-refractivity contribution in [1.29, 1.82) is 0 Å². The van der Waals surface area contributed by atoms with E-state index < -0.39 is 6.04 Å². The van der Waals surface area contributed by atoms with E-state index in [2.05, 4.69) is 62.9 Å². The van der Waals surface area contributed by atoms with E-state index in [1.165, 1.54) is 37.1 Å². The number of carbonyl (C=O) groups is 1. The van der Waals surface area contributed by atoms with Crippen LogP contribution in [0, 0.1) is 6.92 Å². The molecule has 6 rings (SSSR count). The van der Waals surface area contributed by atoms with Crippen LogP contribution >= 0.6 is 11.6 Å². The number of nitrogens with zero attached hydrogens (tertiary/aromatic N) is 5. The number of hydrogen-bond acceptors (Lipinski definition) is 5. The van der Waals surface area contributed by atoms with Gasteiger partial charge in [-0.15, -0.1) is 10.2 Å². The standard InChI is InChI=1S/C32H33ClN6O/c1-3-34-30(40)19-28-32-37-36-21(2)39(32)29-14-11-25(18-27(29)31(35-28)23-9-12-26(33)13-10-23)24-8-6-7-22(17-24)20-38-15-4-5-16-38/h6-14,17-18,28H,3-5,15-16,19-20H2,1-2H3,(H,34,40)/t28-/m0/s1. The van der Waals surface area contributed by atoms with E-state index in [1.807, 2.05) is 42.7 Å². The highest BCUT2D eigenvalue weighted by Crippen LogP contribution is 2.35. The summed E-state index contributed by atoms with van der Waals surface area (Å²) >= 11 is 6.25. The number of rotatable bonds is 7. The van der Waals surface area contributed by atoms with Gasteiger partial charge in [0.15, 0.2) is 5.82 Å². The molecular weight excluding hydrogens is 520 g/mol. The van der Waals surface area contributed by atoms with Gasteiger partial charge in [0.2, 0.25) is 5.91 Å². The molecule has 4 aromatic rings. The molecule has 40 heavy (non-hydrogen) atoms. The third kappa shape index (κ3) is 5.31. The molecule has 8 heteroatoms. The topological polar surface area (TPSA) is 75.4 Å². The zero-order chi connectivity index (χ0) is 27.6. The molecule has 7 nitrogen and oxygen atoms in total. The summed E-state index contributed by atoms with van der Waals surface area (Å²) in [6.45, 7) is 7.72. The lowest BCUT2D eigenvalue weighted by Crippen LogP contribution is -2.25.